The van der Waals surface area contributed by atoms with Crippen molar-refractivity contribution in [3.63, 3.8) is 0 Å². The summed E-state index contributed by atoms with van der Waals surface area (Å²) in [6, 6.07) is 39.5. The summed E-state index contributed by atoms with van der Waals surface area (Å²) in [6.45, 7) is 0. The minimum absolute atomic E-state index is 0. The van der Waals surface area contributed by atoms with Gasteiger partial charge in [0.05, 0.1) is 6.16 Å². The van der Waals surface area contributed by atoms with E-state index in [4.69, 9.17) is 0 Å². The summed E-state index contributed by atoms with van der Waals surface area (Å²) in [5.41, 5.74) is 1.11. The molecule has 0 unspecified atom stereocenters. The van der Waals surface area contributed by atoms with Crippen LogP contribution in [0.4, 0.5) is 13.2 Å². The van der Waals surface area contributed by atoms with Crippen LogP contribution in [0.1, 0.15) is 43.6 Å². The Hall–Kier alpha value is -2.37. The highest BCUT2D eigenvalue weighted by Gasteiger charge is 2.45. The van der Waals surface area contributed by atoms with E-state index in [9.17, 15) is 13.2 Å². The van der Waals surface area contributed by atoms with E-state index in [0.717, 1.165) is 43.8 Å². The van der Waals surface area contributed by atoms with Crippen molar-refractivity contribution >= 4 is 23.2 Å². The quantitative estimate of drug-likeness (QED) is 0.186. The molecule has 1 nitrogen and oxygen atoms in total. The van der Waals surface area contributed by atoms with Gasteiger partial charge < -0.3 is 28.7 Å². The van der Waals surface area contributed by atoms with Gasteiger partial charge >= 0.3 is 6.36 Å². The molecule has 1 aliphatic carbocycles. The predicted molar refractivity (Wildman–Crippen MR) is 152 cm³/mol. The van der Waals surface area contributed by atoms with Crippen molar-refractivity contribution in [3.05, 3.63) is 121 Å². The minimum atomic E-state index is -4.66. The van der Waals surface area contributed by atoms with Crippen molar-refractivity contribution in [1.29, 1.82) is 0 Å². The highest BCUT2D eigenvalue weighted by molar-refractivity contribution is 7.95. The molecule has 5 rings (SSSR count). The first kappa shape index (κ1) is 29.6. The van der Waals surface area contributed by atoms with Gasteiger partial charge in [0.2, 0.25) is 0 Å². The topological polar surface area (TPSA) is 9.23 Å². The molecule has 204 valence electrons. The van der Waals surface area contributed by atoms with Crippen LogP contribution in [0.5, 0.6) is 5.75 Å². The molecule has 39 heavy (non-hydrogen) atoms. The molecule has 0 saturated heterocycles. The molecular formula is C33H33F3IOP. The fourth-order valence-electron chi connectivity index (χ4n) is 5.98. The average molecular weight is 660 g/mol. The lowest BCUT2D eigenvalue weighted by molar-refractivity contribution is -0.274. The van der Waals surface area contributed by atoms with Crippen molar-refractivity contribution in [2.45, 2.75) is 44.4 Å². The SMILES string of the molecule is FC(F)(F)Oc1ccc(C2CCC(CC[P+](c3ccccc3)(c3ccccc3)c3ccccc3)CC2)cc1.[I-]. The van der Waals surface area contributed by atoms with Crippen LogP contribution in [0, 0.1) is 5.92 Å². The number of hydrogen-bond acceptors (Lipinski definition) is 1. The van der Waals surface area contributed by atoms with Crippen molar-refractivity contribution < 1.29 is 41.9 Å². The highest BCUT2D eigenvalue weighted by Crippen LogP contribution is 2.56. The highest BCUT2D eigenvalue weighted by atomic mass is 127. The van der Waals surface area contributed by atoms with E-state index in [0.29, 0.717) is 11.8 Å². The molecule has 0 N–H and O–H groups in total. The summed E-state index contributed by atoms with van der Waals surface area (Å²) in [7, 11) is -1.82. The van der Waals surface area contributed by atoms with E-state index >= 15 is 0 Å². The molecule has 1 aliphatic rings. The van der Waals surface area contributed by atoms with Crippen molar-refractivity contribution in [2.75, 3.05) is 6.16 Å². The Bertz CT molecular complexity index is 1180. The molecule has 0 amide bonds. The molecular weight excluding hydrogens is 627 g/mol. The summed E-state index contributed by atoms with van der Waals surface area (Å²) in [6.07, 6.45) is 2.06. The molecule has 0 spiro atoms. The Balaban J connectivity index is 0.00000353. The largest absolute Gasteiger partial charge is 1.00 e. The first-order valence-electron chi connectivity index (χ1n) is 13.3. The number of alkyl halides is 3. The molecule has 0 aromatic heterocycles. The van der Waals surface area contributed by atoms with Crippen LogP contribution in [-0.4, -0.2) is 12.5 Å². The fourth-order valence-corrected chi connectivity index (χ4v) is 10.4. The number of hydrogen-bond donors (Lipinski definition) is 0. The molecule has 4 aromatic carbocycles. The van der Waals surface area contributed by atoms with E-state index < -0.39 is 13.6 Å². The smallest absolute Gasteiger partial charge is 0.573 e. The van der Waals surface area contributed by atoms with Crippen LogP contribution in [0.3, 0.4) is 0 Å². The Morgan fingerprint density at radius 2 is 1.05 bits per heavy atom. The standard InChI is InChI=1S/C33H33F3OP.HI/c34-33(35,36)37-29-22-20-28(21-23-29)27-18-16-26(17-19-27)24-25-38(30-10-4-1-5-11-30,31-12-6-2-7-13-31)32-14-8-3-9-15-32;/h1-15,20-23,26-27H,16-19,24-25H2;1H/q+1;/p-1. The predicted octanol–water partition coefficient (Wildman–Crippen LogP) is 5.25. The zero-order valence-corrected chi connectivity index (χ0v) is 24.8. The summed E-state index contributed by atoms with van der Waals surface area (Å²) in [5, 5.41) is 4.27. The number of ether oxygens (including phenoxy) is 1. The molecule has 4 aromatic rings. The van der Waals surface area contributed by atoms with E-state index in [1.807, 2.05) is 0 Å². The molecule has 0 radical (unpaired) electrons. The first-order valence-corrected chi connectivity index (χ1v) is 15.3. The van der Waals surface area contributed by atoms with Crippen LogP contribution in [0.2, 0.25) is 0 Å². The molecule has 0 bridgehead atoms. The Morgan fingerprint density at radius 1 is 0.615 bits per heavy atom. The summed E-state index contributed by atoms with van der Waals surface area (Å²) in [4.78, 5) is 0. The van der Waals surface area contributed by atoms with Crippen molar-refractivity contribution in [3.8, 4) is 5.75 Å². The molecule has 0 aliphatic heterocycles. The minimum Gasteiger partial charge on any atom is -1.00 e. The van der Waals surface area contributed by atoms with E-state index in [-0.39, 0.29) is 29.7 Å². The second-order valence-electron chi connectivity index (χ2n) is 10.2. The molecule has 1 fully saturated rings. The maximum absolute atomic E-state index is 12.5. The molecule has 0 atom stereocenters. The fraction of sp³-hybridized carbons (Fsp3) is 0.273. The van der Waals surface area contributed by atoms with Gasteiger partial charge in [-0.05, 0) is 98.0 Å². The third-order valence-electron chi connectivity index (χ3n) is 7.90. The van der Waals surface area contributed by atoms with Gasteiger partial charge in [-0.15, -0.1) is 13.2 Å². The third-order valence-corrected chi connectivity index (χ3v) is 12.4. The normalized spacial score (nSPS) is 17.7. The summed E-state index contributed by atoms with van der Waals surface area (Å²) < 4.78 is 41.5. The lowest BCUT2D eigenvalue weighted by Gasteiger charge is -2.32. The van der Waals surface area contributed by atoms with Gasteiger partial charge in [-0.1, -0.05) is 66.7 Å². The van der Waals surface area contributed by atoms with Crippen LogP contribution >= 0.6 is 7.26 Å². The zero-order valence-electron chi connectivity index (χ0n) is 21.7. The number of benzene rings is 4. The lowest BCUT2D eigenvalue weighted by Crippen LogP contribution is -3.00. The van der Waals surface area contributed by atoms with Gasteiger partial charge in [0.1, 0.15) is 28.9 Å². The number of rotatable bonds is 8. The van der Waals surface area contributed by atoms with Gasteiger partial charge in [0, 0.05) is 0 Å². The van der Waals surface area contributed by atoms with Gasteiger partial charge in [-0.3, -0.25) is 0 Å². The first-order chi connectivity index (χ1) is 18.4. The summed E-state index contributed by atoms with van der Waals surface area (Å²) >= 11 is 0. The third kappa shape index (κ3) is 7.24. The monoisotopic (exact) mass is 660 g/mol. The van der Waals surface area contributed by atoms with Crippen LogP contribution in [0.15, 0.2) is 115 Å². The van der Waals surface area contributed by atoms with Crippen LogP contribution < -0.4 is 44.6 Å². The lowest BCUT2D eigenvalue weighted by atomic mass is 9.78. The van der Waals surface area contributed by atoms with E-state index in [1.54, 1.807) is 12.1 Å². The van der Waals surface area contributed by atoms with Gasteiger partial charge in [0.15, 0.2) is 0 Å². The second kappa shape index (κ2) is 13.3. The van der Waals surface area contributed by atoms with Gasteiger partial charge in [0.25, 0.3) is 0 Å². The Morgan fingerprint density at radius 3 is 1.46 bits per heavy atom. The second-order valence-corrected chi connectivity index (χ2v) is 13.8. The van der Waals surface area contributed by atoms with E-state index in [1.165, 1.54) is 28.0 Å². The van der Waals surface area contributed by atoms with Crippen LogP contribution in [-0.2, 0) is 0 Å². The van der Waals surface area contributed by atoms with Gasteiger partial charge in [-0.2, -0.15) is 0 Å². The van der Waals surface area contributed by atoms with Crippen molar-refractivity contribution in [2.24, 2.45) is 5.92 Å². The molecule has 0 heterocycles. The molecule has 1 saturated carbocycles. The van der Waals surface area contributed by atoms with Crippen LogP contribution in [0.25, 0.3) is 0 Å². The number of halogens is 4. The molecule has 6 heteroatoms. The van der Waals surface area contributed by atoms with E-state index in [2.05, 4.69) is 95.7 Å². The van der Waals surface area contributed by atoms with Gasteiger partial charge in [-0.25, -0.2) is 0 Å². The van der Waals surface area contributed by atoms with Crippen molar-refractivity contribution in [1.82, 2.24) is 0 Å². The Kier molecular flexibility index (Phi) is 10.1. The zero-order chi connectivity index (χ0) is 26.4. The summed E-state index contributed by atoms with van der Waals surface area (Å²) in [5.74, 6) is 0.885. The maximum atomic E-state index is 12.5. The average Bonchev–Trinajstić information content (AvgIpc) is 2.95. The Labute approximate surface area is 247 Å². The maximum Gasteiger partial charge on any atom is 0.573 e.